The molecule has 0 aromatic carbocycles. The second kappa shape index (κ2) is 5.05. The molecule has 0 amide bonds. The minimum atomic E-state index is -0.149. The average molecular weight is 244 g/mol. The van der Waals surface area contributed by atoms with Crippen molar-refractivity contribution >= 4 is 11.6 Å². The molecule has 2 aliphatic rings. The number of allylic oxidation sites excluding steroid dienone is 6. The lowest BCUT2D eigenvalue weighted by atomic mass is 9.76. The van der Waals surface area contributed by atoms with Crippen LogP contribution in [-0.2, 0) is 9.59 Å². The van der Waals surface area contributed by atoms with Gasteiger partial charge in [0.25, 0.3) is 0 Å². The number of hydrogen-bond donors (Lipinski definition) is 0. The van der Waals surface area contributed by atoms with Gasteiger partial charge in [0.1, 0.15) is 0 Å². The lowest BCUT2D eigenvalue weighted by Gasteiger charge is -2.27. The van der Waals surface area contributed by atoms with Gasteiger partial charge in [0.15, 0.2) is 11.6 Å². The largest absolute Gasteiger partial charge is 0.295 e. The predicted molar refractivity (Wildman–Crippen MR) is 72.2 cm³/mol. The molecule has 0 unspecified atom stereocenters. The van der Waals surface area contributed by atoms with E-state index in [2.05, 4.69) is 6.92 Å². The van der Waals surface area contributed by atoms with Crippen molar-refractivity contribution in [2.24, 2.45) is 5.41 Å². The van der Waals surface area contributed by atoms with E-state index in [9.17, 15) is 9.59 Å². The highest BCUT2D eigenvalue weighted by Crippen LogP contribution is 2.48. The zero-order valence-electron chi connectivity index (χ0n) is 11.2. The molecule has 0 saturated carbocycles. The Labute approximate surface area is 108 Å². The van der Waals surface area contributed by atoms with Crippen LogP contribution in [0.4, 0.5) is 0 Å². The van der Waals surface area contributed by atoms with Gasteiger partial charge < -0.3 is 0 Å². The number of rotatable bonds is 4. The number of carbonyl (C=O) groups is 2. The number of carbonyl (C=O) groups excluding carboxylic acids is 2. The van der Waals surface area contributed by atoms with Gasteiger partial charge in [-0.15, -0.1) is 0 Å². The van der Waals surface area contributed by atoms with Gasteiger partial charge in [0.05, 0.1) is 0 Å². The summed E-state index contributed by atoms with van der Waals surface area (Å²) in [7, 11) is 0. The van der Waals surface area contributed by atoms with E-state index in [1.54, 1.807) is 19.1 Å². The van der Waals surface area contributed by atoms with Gasteiger partial charge in [-0.25, -0.2) is 0 Å². The van der Waals surface area contributed by atoms with Crippen LogP contribution in [0.1, 0.15) is 46.0 Å². The van der Waals surface area contributed by atoms with Crippen molar-refractivity contribution in [1.29, 1.82) is 0 Å². The molecular weight excluding hydrogens is 224 g/mol. The summed E-state index contributed by atoms with van der Waals surface area (Å²) < 4.78 is 0. The molecule has 0 fully saturated rings. The van der Waals surface area contributed by atoms with Gasteiger partial charge in [-0.05, 0) is 55.9 Å². The second-order valence-corrected chi connectivity index (χ2v) is 5.23. The SMILES string of the molecule is CCCCC1=C(C(C)=O)CCC12C=CC(=O)C=C2. The van der Waals surface area contributed by atoms with Crippen LogP contribution in [0.5, 0.6) is 0 Å². The first-order chi connectivity index (χ1) is 8.59. The van der Waals surface area contributed by atoms with Gasteiger partial charge >= 0.3 is 0 Å². The molecule has 0 aliphatic heterocycles. The van der Waals surface area contributed by atoms with Crippen LogP contribution in [0, 0.1) is 5.41 Å². The molecule has 2 heteroatoms. The van der Waals surface area contributed by atoms with Crippen molar-refractivity contribution in [1.82, 2.24) is 0 Å². The van der Waals surface area contributed by atoms with E-state index in [4.69, 9.17) is 0 Å². The fourth-order valence-corrected chi connectivity index (χ4v) is 2.98. The Morgan fingerprint density at radius 3 is 2.56 bits per heavy atom. The van der Waals surface area contributed by atoms with Crippen LogP contribution in [-0.4, -0.2) is 11.6 Å². The monoisotopic (exact) mass is 244 g/mol. The van der Waals surface area contributed by atoms with E-state index in [-0.39, 0.29) is 17.0 Å². The molecule has 1 spiro atoms. The third kappa shape index (κ3) is 2.24. The van der Waals surface area contributed by atoms with Gasteiger partial charge in [-0.1, -0.05) is 25.5 Å². The molecule has 0 aromatic heterocycles. The summed E-state index contributed by atoms with van der Waals surface area (Å²) in [6, 6.07) is 0. The Hall–Kier alpha value is -1.44. The Kier molecular flexibility index (Phi) is 3.65. The first kappa shape index (κ1) is 13.0. The molecule has 0 radical (unpaired) electrons. The smallest absolute Gasteiger partial charge is 0.178 e. The number of ketones is 2. The summed E-state index contributed by atoms with van der Waals surface area (Å²) in [5.41, 5.74) is 2.09. The fraction of sp³-hybridized carbons (Fsp3) is 0.500. The molecule has 2 aliphatic carbocycles. The number of Topliss-reactive ketones (excluding diaryl/α,β-unsaturated/α-hetero) is 1. The van der Waals surface area contributed by atoms with Gasteiger partial charge in [-0.3, -0.25) is 9.59 Å². The quantitative estimate of drug-likeness (QED) is 0.758. The zero-order chi connectivity index (χ0) is 13.2. The van der Waals surface area contributed by atoms with Crippen LogP contribution < -0.4 is 0 Å². The average Bonchev–Trinajstić information content (AvgIpc) is 2.69. The van der Waals surface area contributed by atoms with Crippen molar-refractivity contribution in [3.8, 4) is 0 Å². The maximum Gasteiger partial charge on any atom is 0.178 e. The molecule has 0 heterocycles. The van der Waals surface area contributed by atoms with Crippen molar-refractivity contribution in [3.63, 3.8) is 0 Å². The summed E-state index contributed by atoms with van der Waals surface area (Å²) in [6.07, 6.45) is 12.3. The second-order valence-electron chi connectivity index (χ2n) is 5.23. The highest BCUT2D eigenvalue weighted by atomic mass is 16.1. The fourth-order valence-electron chi connectivity index (χ4n) is 2.98. The molecule has 0 aromatic rings. The van der Waals surface area contributed by atoms with Gasteiger partial charge in [0, 0.05) is 5.41 Å². The maximum absolute atomic E-state index is 11.7. The van der Waals surface area contributed by atoms with Crippen LogP contribution in [0.2, 0.25) is 0 Å². The highest BCUT2D eigenvalue weighted by Gasteiger charge is 2.38. The molecule has 0 atom stereocenters. The summed E-state index contributed by atoms with van der Waals surface area (Å²) in [6.45, 7) is 3.81. The van der Waals surface area contributed by atoms with Crippen LogP contribution >= 0.6 is 0 Å². The van der Waals surface area contributed by atoms with E-state index in [0.717, 1.165) is 37.7 Å². The highest BCUT2D eigenvalue weighted by molar-refractivity contribution is 6.01. The predicted octanol–water partition coefficient (Wildman–Crippen LogP) is 3.54. The van der Waals surface area contributed by atoms with Crippen molar-refractivity contribution in [2.75, 3.05) is 0 Å². The molecule has 2 nitrogen and oxygen atoms in total. The van der Waals surface area contributed by atoms with E-state index < -0.39 is 0 Å². The molecule has 96 valence electrons. The van der Waals surface area contributed by atoms with E-state index in [0.29, 0.717) is 0 Å². The van der Waals surface area contributed by atoms with Crippen LogP contribution in [0.25, 0.3) is 0 Å². The van der Waals surface area contributed by atoms with E-state index in [1.807, 2.05) is 12.2 Å². The number of hydrogen-bond acceptors (Lipinski definition) is 2. The first-order valence-corrected chi connectivity index (χ1v) is 6.75. The standard InChI is InChI=1S/C16H20O2/c1-3-4-5-15-14(12(2)17)8-11-16(15)9-6-13(18)7-10-16/h6-7,9-10H,3-5,8,11H2,1-2H3. The molecule has 2 rings (SSSR count). The van der Waals surface area contributed by atoms with Crippen molar-refractivity contribution in [3.05, 3.63) is 35.5 Å². The first-order valence-electron chi connectivity index (χ1n) is 6.75. The Morgan fingerprint density at radius 1 is 1.33 bits per heavy atom. The minimum Gasteiger partial charge on any atom is -0.295 e. The molecule has 0 saturated heterocycles. The number of unbranched alkanes of at least 4 members (excludes halogenated alkanes) is 1. The summed E-state index contributed by atoms with van der Waals surface area (Å²) >= 11 is 0. The Balaban J connectivity index is 2.37. The summed E-state index contributed by atoms with van der Waals surface area (Å²) in [5, 5.41) is 0. The minimum absolute atomic E-state index is 0.0479. The molecule has 0 N–H and O–H groups in total. The van der Waals surface area contributed by atoms with Crippen molar-refractivity contribution in [2.45, 2.75) is 46.0 Å². The van der Waals surface area contributed by atoms with E-state index in [1.165, 1.54) is 5.57 Å². The summed E-state index contributed by atoms with van der Waals surface area (Å²) in [5.74, 6) is 0.239. The lowest BCUT2D eigenvalue weighted by Crippen LogP contribution is -2.18. The Bertz CT molecular complexity index is 447. The molecule has 0 bridgehead atoms. The zero-order valence-corrected chi connectivity index (χ0v) is 11.2. The van der Waals surface area contributed by atoms with E-state index >= 15 is 0 Å². The molecular formula is C16H20O2. The lowest BCUT2D eigenvalue weighted by molar-refractivity contribution is -0.113. The maximum atomic E-state index is 11.7. The third-order valence-electron chi connectivity index (χ3n) is 4.01. The molecule has 18 heavy (non-hydrogen) atoms. The normalized spacial score (nSPS) is 21.1. The third-order valence-corrected chi connectivity index (χ3v) is 4.01. The van der Waals surface area contributed by atoms with Crippen molar-refractivity contribution < 1.29 is 9.59 Å². The van der Waals surface area contributed by atoms with Gasteiger partial charge in [0.2, 0.25) is 0 Å². The van der Waals surface area contributed by atoms with Crippen LogP contribution in [0.3, 0.4) is 0 Å². The topological polar surface area (TPSA) is 34.1 Å². The Morgan fingerprint density at radius 2 is 2.00 bits per heavy atom. The van der Waals surface area contributed by atoms with Crippen LogP contribution in [0.15, 0.2) is 35.5 Å². The van der Waals surface area contributed by atoms with Gasteiger partial charge in [-0.2, -0.15) is 0 Å². The summed E-state index contributed by atoms with van der Waals surface area (Å²) in [4.78, 5) is 23.0.